The highest BCUT2D eigenvalue weighted by atomic mass is 79.9. The Bertz CT molecular complexity index is 1720. The third-order valence-electron chi connectivity index (χ3n) is 8.69. The summed E-state index contributed by atoms with van der Waals surface area (Å²) in [6, 6.07) is 25.8. The lowest BCUT2D eigenvalue weighted by molar-refractivity contribution is 0.247. The van der Waals surface area contributed by atoms with Crippen LogP contribution in [0.2, 0.25) is 0 Å². The summed E-state index contributed by atoms with van der Waals surface area (Å²) >= 11 is 9.25. The molecule has 1 heterocycles. The molecular formula is C42H50Br2O4S. The van der Waals surface area contributed by atoms with Crippen LogP contribution in [-0.4, -0.2) is 26.4 Å². The van der Waals surface area contributed by atoms with Gasteiger partial charge in [-0.1, -0.05) is 63.8 Å². The van der Waals surface area contributed by atoms with Gasteiger partial charge < -0.3 is 18.9 Å². The van der Waals surface area contributed by atoms with Crippen molar-refractivity contribution >= 4 is 63.4 Å². The van der Waals surface area contributed by atoms with Crippen molar-refractivity contribution < 1.29 is 18.9 Å². The second-order valence-corrected chi connectivity index (χ2v) is 15.5. The van der Waals surface area contributed by atoms with E-state index in [1.54, 1.807) is 11.3 Å². The Balaban J connectivity index is 1.05. The Labute approximate surface area is 313 Å². The molecule has 1 aromatic heterocycles. The van der Waals surface area contributed by atoms with E-state index in [1.807, 2.05) is 0 Å². The van der Waals surface area contributed by atoms with Gasteiger partial charge in [0.05, 0.1) is 35.4 Å². The van der Waals surface area contributed by atoms with Crippen LogP contribution in [0.5, 0.6) is 23.0 Å². The van der Waals surface area contributed by atoms with E-state index < -0.39 is 0 Å². The molecule has 5 rings (SSSR count). The number of halogens is 2. The standard InChI is InChI=1S/C42H50Br2O4S/c1-3-5-8-13-31-15-19-33(20-16-31)45-23-10-7-11-24-47-39-27-35-36-28-40(38(44)30-42(36)49-41(35)29-37(39)43)48-26-12-25-46-34-21-17-32(18-22-34)14-9-6-4-2/h15-22,27-30H,3-14,23-26H2,1-2H3. The normalized spacial score (nSPS) is 11.3. The highest BCUT2D eigenvalue weighted by molar-refractivity contribution is 9.11. The lowest BCUT2D eigenvalue weighted by Gasteiger charge is -2.11. The van der Waals surface area contributed by atoms with Gasteiger partial charge in [-0.05, 0) is 136 Å². The van der Waals surface area contributed by atoms with Crippen molar-refractivity contribution in [3.63, 3.8) is 0 Å². The summed E-state index contributed by atoms with van der Waals surface area (Å²) in [5.74, 6) is 3.59. The molecule has 0 radical (unpaired) electrons. The highest BCUT2D eigenvalue weighted by Crippen LogP contribution is 2.43. The Hall–Kier alpha value is -2.74. The molecule has 4 aromatic carbocycles. The fraction of sp³-hybridized carbons (Fsp3) is 0.429. The topological polar surface area (TPSA) is 36.9 Å². The molecule has 262 valence electrons. The fourth-order valence-electron chi connectivity index (χ4n) is 5.85. The van der Waals surface area contributed by atoms with Crippen LogP contribution >= 0.6 is 43.2 Å². The molecule has 0 fully saturated rings. The molecule has 0 saturated heterocycles. The summed E-state index contributed by atoms with van der Waals surface area (Å²) < 4.78 is 28.8. The number of benzene rings is 4. The van der Waals surface area contributed by atoms with Gasteiger partial charge in [0.25, 0.3) is 0 Å². The minimum absolute atomic E-state index is 0.581. The van der Waals surface area contributed by atoms with Crippen LogP contribution in [0.4, 0.5) is 0 Å². The van der Waals surface area contributed by atoms with Gasteiger partial charge in [0, 0.05) is 26.6 Å². The molecule has 4 nitrogen and oxygen atoms in total. The molecule has 0 bridgehead atoms. The molecule has 0 saturated carbocycles. The number of unbranched alkanes of at least 4 members (excludes halogenated alkanes) is 6. The minimum atomic E-state index is 0.581. The van der Waals surface area contributed by atoms with Gasteiger partial charge in [-0.3, -0.25) is 0 Å². The van der Waals surface area contributed by atoms with Crippen molar-refractivity contribution in [1.82, 2.24) is 0 Å². The minimum Gasteiger partial charge on any atom is -0.494 e. The van der Waals surface area contributed by atoms with Gasteiger partial charge in [-0.2, -0.15) is 0 Å². The van der Waals surface area contributed by atoms with E-state index in [4.69, 9.17) is 18.9 Å². The largest absolute Gasteiger partial charge is 0.494 e. The van der Waals surface area contributed by atoms with Gasteiger partial charge in [0.2, 0.25) is 0 Å². The van der Waals surface area contributed by atoms with Gasteiger partial charge in [0.1, 0.15) is 23.0 Å². The van der Waals surface area contributed by atoms with E-state index in [-0.39, 0.29) is 0 Å². The molecule has 0 aliphatic rings. The summed E-state index contributed by atoms with van der Waals surface area (Å²) in [7, 11) is 0. The quantitative estimate of drug-likeness (QED) is 0.0653. The van der Waals surface area contributed by atoms with Crippen LogP contribution in [0.1, 0.15) is 89.2 Å². The summed E-state index contributed by atoms with van der Waals surface area (Å²) in [5, 5.41) is 2.36. The molecule has 5 aromatic rings. The van der Waals surface area contributed by atoms with Gasteiger partial charge in [-0.25, -0.2) is 0 Å². The van der Waals surface area contributed by atoms with E-state index in [9.17, 15) is 0 Å². The first-order chi connectivity index (χ1) is 24.0. The van der Waals surface area contributed by atoms with Crippen LogP contribution < -0.4 is 18.9 Å². The molecule has 0 amide bonds. The van der Waals surface area contributed by atoms with Crippen molar-refractivity contribution in [2.75, 3.05) is 26.4 Å². The van der Waals surface area contributed by atoms with Crippen LogP contribution in [0, 0.1) is 0 Å². The Morgan fingerprint density at radius 3 is 1.37 bits per heavy atom. The zero-order valence-electron chi connectivity index (χ0n) is 29.0. The smallest absolute Gasteiger partial charge is 0.134 e. The average Bonchev–Trinajstić information content (AvgIpc) is 3.44. The van der Waals surface area contributed by atoms with E-state index in [1.165, 1.54) is 69.8 Å². The maximum Gasteiger partial charge on any atom is 0.134 e. The Morgan fingerprint density at radius 2 is 0.898 bits per heavy atom. The Morgan fingerprint density at radius 1 is 0.469 bits per heavy atom. The molecule has 0 aliphatic carbocycles. The first kappa shape index (κ1) is 37.5. The van der Waals surface area contributed by atoms with Gasteiger partial charge >= 0.3 is 0 Å². The number of ether oxygens (including phenoxy) is 4. The van der Waals surface area contributed by atoms with E-state index in [0.29, 0.717) is 19.8 Å². The molecule has 49 heavy (non-hydrogen) atoms. The molecule has 0 spiro atoms. The Kier molecular flexibility index (Phi) is 15.5. The van der Waals surface area contributed by atoms with Gasteiger partial charge in [0.15, 0.2) is 0 Å². The lowest BCUT2D eigenvalue weighted by Crippen LogP contribution is -2.05. The summed E-state index contributed by atoms with van der Waals surface area (Å²) in [6.07, 6.45) is 13.7. The number of fused-ring (bicyclic) bond motifs is 3. The van der Waals surface area contributed by atoms with E-state index in [0.717, 1.165) is 77.1 Å². The summed E-state index contributed by atoms with van der Waals surface area (Å²) in [6.45, 7) is 7.08. The fourth-order valence-corrected chi connectivity index (χ4v) is 8.21. The monoisotopic (exact) mass is 808 g/mol. The van der Waals surface area contributed by atoms with Crippen molar-refractivity contribution in [3.8, 4) is 23.0 Å². The predicted molar refractivity (Wildman–Crippen MR) is 215 cm³/mol. The SMILES string of the molecule is CCCCCc1ccc(OCCCCCOc2cc3c(cc2Br)sc2cc(Br)c(OCCCOc4ccc(CCCCC)cc4)cc23)cc1. The summed E-state index contributed by atoms with van der Waals surface area (Å²) in [4.78, 5) is 0. The molecule has 0 N–H and O–H groups in total. The number of aryl methyl sites for hydroxylation is 2. The van der Waals surface area contributed by atoms with E-state index in [2.05, 4.69) is 119 Å². The van der Waals surface area contributed by atoms with Crippen molar-refractivity contribution in [2.45, 2.75) is 90.9 Å². The van der Waals surface area contributed by atoms with Crippen LogP contribution in [0.3, 0.4) is 0 Å². The molecule has 0 atom stereocenters. The molecule has 7 heteroatoms. The number of hydrogen-bond donors (Lipinski definition) is 0. The van der Waals surface area contributed by atoms with Gasteiger partial charge in [-0.15, -0.1) is 11.3 Å². The predicted octanol–water partition coefficient (Wildman–Crippen LogP) is 13.5. The first-order valence-electron chi connectivity index (χ1n) is 18.1. The maximum atomic E-state index is 6.25. The van der Waals surface area contributed by atoms with Crippen molar-refractivity contribution in [3.05, 3.63) is 92.9 Å². The molecule has 0 aliphatic heterocycles. The zero-order valence-corrected chi connectivity index (χ0v) is 33.0. The average molecular weight is 811 g/mol. The van der Waals surface area contributed by atoms with E-state index >= 15 is 0 Å². The highest BCUT2D eigenvalue weighted by Gasteiger charge is 2.14. The summed E-state index contributed by atoms with van der Waals surface area (Å²) in [5.41, 5.74) is 2.77. The third kappa shape index (κ3) is 11.7. The third-order valence-corrected chi connectivity index (χ3v) is 11.0. The van der Waals surface area contributed by atoms with Crippen LogP contribution in [-0.2, 0) is 12.8 Å². The lowest BCUT2D eigenvalue weighted by atomic mass is 10.1. The van der Waals surface area contributed by atoms with Crippen LogP contribution in [0.15, 0.2) is 81.7 Å². The van der Waals surface area contributed by atoms with Crippen molar-refractivity contribution in [2.24, 2.45) is 0 Å². The maximum absolute atomic E-state index is 6.25. The molecular weight excluding hydrogens is 760 g/mol. The first-order valence-corrected chi connectivity index (χ1v) is 20.5. The van der Waals surface area contributed by atoms with Crippen molar-refractivity contribution in [1.29, 1.82) is 0 Å². The number of hydrogen-bond acceptors (Lipinski definition) is 5. The number of rotatable bonds is 22. The zero-order chi connectivity index (χ0) is 34.3. The second-order valence-electron chi connectivity index (χ2n) is 12.7. The second kappa shape index (κ2) is 20.2. The van der Waals surface area contributed by atoms with Crippen LogP contribution in [0.25, 0.3) is 20.2 Å². The number of thiophene rings is 1. The molecule has 0 unspecified atom stereocenters.